The first-order valence-corrected chi connectivity index (χ1v) is 6.66. The summed E-state index contributed by atoms with van der Waals surface area (Å²) in [4.78, 5) is 7.10. The van der Waals surface area contributed by atoms with Gasteiger partial charge in [0, 0.05) is 29.5 Å². The van der Waals surface area contributed by atoms with Gasteiger partial charge in [-0.05, 0) is 30.4 Å². The van der Waals surface area contributed by atoms with Crippen molar-refractivity contribution in [1.82, 2.24) is 15.3 Å². The van der Waals surface area contributed by atoms with Gasteiger partial charge in [0.25, 0.3) is 0 Å². The first-order valence-electron chi connectivity index (χ1n) is 6.28. The van der Waals surface area contributed by atoms with Crippen LogP contribution in [0, 0.1) is 0 Å². The lowest BCUT2D eigenvalue weighted by atomic mass is 9.76. The van der Waals surface area contributed by atoms with Crippen LogP contribution in [-0.2, 0) is 6.54 Å². The first-order chi connectivity index (χ1) is 8.83. The van der Waals surface area contributed by atoms with Crippen molar-refractivity contribution in [2.75, 3.05) is 0 Å². The van der Waals surface area contributed by atoms with E-state index in [0.29, 0.717) is 12.0 Å². The molecule has 2 N–H and O–H groups in total. The first kappa shape index (κ1) is 11.8. The van der Waals surface area contributed by atoms with E-state index in [9.17, 15) is 0 Å². The second-order valence-electron chi connectivity index (χ2n) is 4.84. The van der Waals surface area contributed by atoms with Crippen LogP contribution in [0.4, 0.5) is 0 Å². The highest BCUT2D eigenvalue weighted by Crippen LogP contribution is 2.39. The van der Waals surface area contributed by atoms with Crippen LogP contribution in [0.25, 0.3) is 0 Å². The molecule has 94 valence electrons. The Morgan fingerprint density at radius 1 is 1.33 bits per heavy atom. The number of rotatable bonds is 4. The van der Waals surface area contributed by atoms with Crippen molar-refractivity contribution in [3.05, 3.63) is 53.1 Å². The quantitative estimate of drug-likeness (QED) is 0.888. The zero-order valence-corrected chi connectivity index (χ0v) is 10.8. The summed E-state index contributed by atoms with van der Waals surface area (Å²) in [5.74, 6) is 0.609. The molecule has 4 heteroatoms. The molecule has 1 aromatic heterocycles. The van der Waals surface area contributed by atoms with Gasteiger partial charge in [-0.25, -0.2) is 4.98 Å². The summed E-state index contributed by atoms with van der Waals surface area (Å²) in [5, 5.41) is 4.42. The van der Waals surface area contributed by atoms with Gasteiger partial charge in [0.1, 0.15) is 0 Å². The molecule has 0 atom stereocenters. The van der Waals surface area contributed by atoms with Crippen LogP contribution >= 0.6 is 11.6 Å². The van der Waals surface area contributed by atoms with E-state index in [0.717, 1.165) is 30.1 Å². The molecule has 0 saturated heterocycles. The molecular weight excluding hydrogens is 246 g/mol. The average Bonchev–Trinajstić information content (AvgIpc) is 2.82. The van der Waals surface area contributed by atoms with Gasteiger partial charge in [0.15, 0.2) is 0 Å². The van der Waals surface area contributed by atoms with Crippen molar-refractivity contribution in [3.8, 4) is 0 Å². The number of nitrogens with zero attached hydrogens (tertiary/aromatic N) is 1. The molecule has 0 radical (unpaired) electrons. The molecule has 0 unspecified atom stereocenters. The van der Waals surface area contributed by atoms with Crippen molar-refractivity contribution in [2.45, 2.75) is 31.3 Å². The van der Waals surface area contributed by atoms with Crippen LogP contribution < -0.4 is 5.32 Å². The average molecular weight is 262 g/mol. The van der Waals surface area contributed by atoms with E-state index in [1.165, 1.54) is 5.56 Å². The van der Waals surface area contributed by atoms with Gasteiger partial charge in [0.05, 0.1) is 6.33 Å². The minimum absolute atomic E-state index is 0.592. The van der Waals surface area contributed by atoms with Crippen molar-refractivity contribution < 1.29 is 0 Å². The summed E-state index contributed by atoms with van der Waals surface area (Å²) >= 11 is 6.20. The van der Waals surface area contributed by atoms with Crippen molar-refractivity contribution in [2.24, 2.45) is 0 Å². The Kier molecular flexibility index (Phi) is 3.35. The lowest BCUT2D eigenvalue weighted by molar-refractivity contribution is 0.289. The number of halogens is 1. The number of aromatic amines is 1. The Bertz CT molecular complexity index is 504. The molecule has 1 aliphatic rings. The number of imidazole rings is 1. The van der Waals surface area contributed by atoms with E-state index in [-0.39, 0.29) is 0 Å². The fourth-order valence-electron chi connectivity index (χ4n) is 2.48. The van der Waals surface area contributed by atoms with Crippen molar-refractivity contribution >= 4 is 11.6 Å². The van der Waals surface area contributed by atoms with Gasteiger partial charge < -0.3 is 10.3 Å². The summed E-state index contributed by atoms with van der Waals surface area (Å²) < 4.78 is 0. The van der Waals surface area contributed by atoms with E-state index in [4.69, 9.17) is 11.6 Å². The maximum absolute atomic E-state index is 6.20. The molecule has 1 heterocycles. The Balaban J connectivity index is 1.50. The highest BCUT2D eigenvalue weighted by Gasteiger charge is 2.30. The lowest BCUT2D eigenvalue weighted by Gasteiger charge is -2.36. The summed E-state index contributed by atoms with van der Waals surface area (Å²) in [5.41, 5.74) is 2.43. The maximum Gasteiger partial charge on any atom is 0.0922 e. The minimum Gasteiger partial charge on any atom is -0.347 e. The van der Waals surface area contributed by atoms with Gasteiger partial charge in [0.2, 0.25) is 0 Å². The van der Waals surface area contributed by atoms with Crippen LogP contribution in [0.5, 0.6) is 0 Å². The van der Waals surface area contributed by atoms with Crippen LogP contribution in [-0.4, -0.2) is 16.0 Å². The predicted molar refractivity (Wildman–Crippen MR) is 72.6 cm³/mol. The summed E-state index contributed by atoms with van der Waals surface area (Å²) in [6, 6.07) is 8.75. The topological polar surface area (TPSA) is 40.7 Å². The highest BCUT2D eigenvalue weighted by molar-refractivity contribution is 6.31. The van der Waals surface area contributed by atoms with Gasteiger partial charge in [-0.2, -0.15) is 0 Å². The van der Waals surface area contributed by atoms with Crippen molar-refractivity contribution in [1.29, 1.82) is 0 Å². The molecule has 0 aliphatic heterocycles. The highest BCUT2D eigenvalue weighted by atomic mass is 35.5. The summed E-state index contributed by atoms with van der Waals surface area (Å²) in [6.07, 6.45) is 5.90. The fourth-order valence-corrected chi connectivity index (χ4v) is 2.77. The lowest BCUT2D eigenvalue weighted by Crippen LogP contribution is -2.39. The molecule has 18 heavy (non-hydrogen) atoms. The fraction of sp³-hybridized carbons (Fsp3) is 0.357. The largest absolute Gasteiger partial charge is 0.347 e. The SMILES string of the molecule is Clc1ccccc1C1CC(NCc2cnc[nH]2)C1. The Labute approximate surface area is 112 Å². The molecule has 1 saturated carbocycles. The second-order valence-corrected chi connectivity index (χ2v) is 5.25. The number of H-pyrrole nitrogens is 1. The number of hydrogen-bond donors (Lipinski definition) is 2. The second kappa shape index (κ2) is 5.12. The molecule has 0 bridgehead atoms. The van der Waals surface area contributed by atoms with E-state index < -0.39 is 0 Å². The Morgan fingerprint density at radius 3 is 2.89 bits per heavy atom. The molecule has 1 aliphatic carbocycles. The predicted octanol–water partition coefficient (Wildman–Crippen LogP) is 3.10. The molecule has 3 nitrogen and oxygen atoms in total. The third-order valence-electron chi connectivity index (χ3n) is 3.62. The molecule has 3 rings (SSSR count). The third kappa shape index (κ3) is 2.42. The van der Waals surface area contributed by atoms with Gasteiger partial charge in [-0.1, -0.05) is 29.8 Å². The molecular formula is C14H16ClN3. The molecule has 0 spiro atoms. The summed E-state index contributed by atoms with van der Waals surface area (Å²) in [7, 11) is 0. The smallest absolute Gasteiger partial charge is 0.0922 e. The number of nitrogens with one attached hydrogen (secondary N) is 2. The van der Waals surface area contributed by atoms with Crippen molar-refractivity contribution in [3.63, 3.8) is 0 Å². The van der Waals surface area contributed by atoms with E-state index in [2.05, 4.69) is 27.4 Å². The molecule has 2 aromatic rings. The monoisotopic (exact) mass is 261 g/mol. The van der Waals surface area contributed by atoms with Crippen LogP contribution in [0.2, 0.25) is 5.02 Å². The van der Waals surface area contributed by atoms with Gasteiger partial charge in [-0.3, -0.25) is 0 Å². The zero-order valence-electron chi connectivity index (χ0n) is 10.1. The summed E-state index contributed by atoms with van der Waals surface area (Å²) in [6.45, 7) is 0.861. The number of aromatic nitrogens is 2. The van der Waals surface area contributed by atoms with E-state index in [1.54, 1.807) is 6.33 Å². The number of benzene rings is 1. The minimum atomic E-state index is 0.592. The zero-order chi connectivity index (χ0) is 12.4. The molecule has 1 aromatic carbocycles. The molecule has 0 amide bonds. The van der Waals surface area contributed by atoms with E-state index in [1.807, 2.05) is 18.3 Å². The maximum atomic E-state index is 6.20. The normalized spacial score (nSPS) is 22.7. The number of hydrogen-bond acceptors (Lipinski definition) is 2. The van der Waals surface area contributed by atoms with Gasteiger partial charge >= 0.3 is 0 Å². The molecule has 1 fully saturated rings. The van der Waals surface area contributed by atoms with Crippen LogP contribution in [0.1, 0.15) is 30.0 Å². The standard InChI is InChI=1S/C14H16ClN3/c15-14-4-2-1-3-13(14)10-5-11(6-10)17-8-12-7-16-9-18-12/h1-4,7,9-11,17H,5-6,8H2,(H,16,18). The Morgan fingerprint density at radius 2 is 2.17 bits per heavy atom. The van der Waals surface area contributed by atoms with E-state index >= 15 is 0 Å². The van der Waals surface area contributed by atoms with Crippen LogP contribution in [0.3, 0.4) is 0 Å². The van der Waals surface area contributed by atoms with Gasteiger partial charge in [-0.15, -0.1) is 0 Å². The Hall–Kier alpha value is -1.32. The van der Waals surface area contributed by atoms with Crippen LogP contribution in [0.15, 0.2) is 36.8 Å². The third-order valence-corrected chi connectivity index (χ3v) is 3.96.